The highest BCUT2D eigenvalue weighted by molar-refractivity contribution is 5.47. The molecule has 0 aliphatic heterocycles. The summed E-state index contributed by atoms with van der Waals surface area (Å²) in [5.74, 6) is 1.26. The molecular weight excluding hydrogens is 238 g/mol. The zero-order valence-electron chi connectivity index (χ0n) is 11.6. The first kappa shape index (κ1) is 13.5. The summed E-state index contributed by atoms with van der Waals surface area (Å²) < 4.78 is 0. The molecule has 19 heavy (non-hydrogen) atoms. The summed E-state index contributed by atoms with van der Waals surface area (Å²) in [6.07, 6.45) is 4.97. The molecule has 5 heteroatoms. The predicted molar refractivity (Wildman–Crippen MR) is 74.3 cm³/mol. The van der Waals surface area contributed by atoms with E-state index in [-0.39, 0.29) is 0 Å². The molecule has 0 unspecified atom stereocenters. The van der Waals surface area contributed by atoms with Gasteiger partial charge < -0.3 is 5.32 Å². The highest BCUT2D eigenvalue weighted by Gasteiger charge is 2.06. The molecule has 0 radical (unpaired) electrons. The van der Waals surface area contributed by atoms with Crippen LogP contribution in [-0.2, 0) is 6.54 Å². The zero-order chi connectivity index (χ0) is 13.7. The van der Waals surface area contributed by atoms with E-state index in [9.17, 15) is 0 Å². The van der Waals surface area contributed by atoms with Gasteiger partial charge in [0.05, 0.1) is 11.9 Å². The van der Waals surface area contributed by atoms with E-state index >= 15 is 0 Å². The van der Waals surface area contributed by atoms with E-state index in [1.54, 1.807) is 18.6 Å². The van der Waals surface area contributed by atoms with Crippen LogP contribution in [0.3, 0.4) is 0 Å². The van der Waals surface area contributed by atoms with Gasteiger partial charge in [-0.05, 0) is 25.5 Å². The monoisotopic (exact) mass is 257 g/mol. The average Bonchev–Trinajstić information content (AvgIpc) is 2.39. The first-order chi connectivity index (χ1) is 9.15. The second-order valence-corrected chi connectivity index (χ2v) is 4.94. The average molecular weight is 257 g/mol. The van der Waals surface area contributed by atoms with E-state index in [2.05, 4.69) is 39.1 Å². The molecule has 0 aliphatic carbocycles. The lowest BCUT2D eigenvalue weighted by atomic mass is 10.2. The molecule has 2 aromatic rings. The summed E-state index contributed by atoms with van der Waals surface area (Å²) in [6, 6.07) is 1.99. The van der Waals surface area contributed by atoms with Crippen LogP contribution in [0.15, 0.2) is 24.7 Å². The fourth-order valence-electron chi connectivity index (χ4n) is 1.74. The molecule has 0 fully saturated rings. The Morgan fingerprint density at radius 2 is 2.05 bits per heavy atom. The maximum Gasteiger partial charge on any atom is 0.180 e. The Balaban J connectivity index is 2.16. The number of aryl methyl sites for hydroxylation is 1. The van der Waals surface area contributed by atoms with Crippen LogP contribution in [0, 0.1) is 12.8 Å². The summed E-state index contributed by atoms with van der Waals surface area (Å²) in [7, 11) is 0. The first-order valence-electron chi connectivity index (χ1n) is 6.47. The van der Waals surface area contributed by atoms with Crippen molar-refractivity contribution in [2.45, 2.75) is 27.3 Å². The van der Waals surface area contributed by atoms with E-state index < -0.39 is 0 Å². The maximum absolute atomic E-state index is 4.52. The summed E-state index contributed by atoms with van der Waals surface area (Å²) in [5.41, 5.74) is 2.63. The van der Waals surface area contributed by atoms with Gasteiger partial charge in [0.25, 0.3) is 0 Å². The molecular formula is C14H19N5. The van der Waals surface area contributed by atoms with Crippen LogP contribution in [-0.4, -0.2) is 26.5 Å². The SMILES string of the molecule is Cc1cc(CNCC(C)C)nc(-c2cnccn2)n1. The Hall–Kier alpha value is -1.88. The van der Waals surface area contributed by atoms with Crippen LogP contribution in [0.4, 0.5) is 0 Å². The molecule has 0 bridgehead atoms. The number of rotatable bonds is 5. The lowest BCUT2D eigenvalue weighted by Crippen LogP contribution is -2.20. The minimum atomic E-state index is 0.627. The van der Waals surface area contributed by atoms with E-state index in [0.717, 1.165) is 24.5 Å². The van der Waals surface area contributed by atoms with Crippen LogP contribution in [0.1, 0.15) is 25.2 Å². The summed E-state index contributed by atoms with van der Waals surface area (Å²) >= 11 is 0. The van der Waals surface area contributed by atoms with E-state index in [1.807, 2.05) is 13.0 Å². The van der Waals surface area contributed by atoms with Gasteiger partial charge in [-0.3, -0.25) is 4.98 Å². The smallest absolute Gasteiger partial charge is 0.180 e. The van der Waals surface area contributed by atoms with Crippen LogP contribution < -0.4 is 5.32 Å². The second-order valence-electron chi connectivity index (χ2n) is 4.94. The Bertz CT molecular complexity index is 525. The number of nitrogens with zero attached hydrogens (tertiary/aromatic N) is 4. The van der Waals surface area contributed by atoms with Crippen molar-refractivity contribution in [1.82, 2.24) is 25.3 Å². The molecule has 0 saturated carbocycles. The van der Waals surface area contributed by atoms with Crippen molar-refractivity contribution in [1.29, 1.82) is 0 Å². The molecule has 0 aromatic carbocycles. The Labute approximate surface area is 113 Å². The van der Waals surface area contributed by atoms with Gasteiger partial charge >= 0.3 is 0 Å². The van der Waals surface area contributed by atoms with Crippen molar-refractivity contribution in [3.8, 4) is 11.5 Å². The third-order valence-corrected chi connectivity index (χ3v) is 2.56. The Kier molecular flexibility index (Phi) is 4.52. The maximum atomic E-state index is 4.52. The number of nitrogens with one attached hydrogen (secondary N) is 1. The molecule has 1 N–H and O–H groups in total. The first-order valence-corrected chi connectivity index (χ1v) is 6.47. The quantitative estimate of drug-likeness (QED) is 0.887. The molecule has 2 rings (SSSR count). The van der Waals surface area contributed by atoms with Gasteiger partial charge in [0, 0.05) is 24.6 Å². The van der Waals surface area contributed by atoms with Gasteiger partial charge in [0.2, 0.25) is 0 Å². The minimum Gasteiger partial charge on any atom is -0.311 e. The highest BCUT2D eigenvalue weighted by atomic mass is 15.0. The van der Waals surface area contributed by atoms with Crippen LogP contribution in [0.25, 0.3) is 11.5 Å². The lowest BCUT2D eigenvalue weighted by Gasteiger charge is -2.08. The molecule has 0 saturated heterocycles. The van der Waals surface area contributed by atoms with Gasteiger partial charge in [0.1, 0.15) is 5.69 Å². The number of hydrogen-bond donors (Lipinski definition) is 1. The van der Waals surface area contributed by atoms with Crippen LogP contribution in [0.2, 0.25) is 0 Å². The standard InChI is InChI=1S/C14H19N5/c1-10(2)7-16-8-12-6-11(3)18-14(19-12)13-9-15-4-5-17-13/h4-6,9-10,16H,7-8H2,1-3H3. The van der Waals surface area contributed by atoms with Gasteiger partial charge in [0.15, 0.2) is 5.82 Å². The number of aromatic nitrogens is 4. The van der Waals surface area contributed by atoms with Gasteiger partial charge in [-0.25, -0.2) is 15.0 Å². The molecule has 0 amide bonds. The summed E-state index contributed by atoms with van der Waals surface area (Å²) in [5, 5.41) is 3.38. The molecule has 0 spiro atoms. The van der Waals surface area contributed by atoms with Crippen molar-refractivity contribution >= 4 is 0 Å². The van der Waals surface area contributed by atoms with Gasteiger partial charge in [-0.15, -0.1) is 0 Å². The predicted octanol–water partition coefficient (Wildman–Crippen LogP) is 1.99. The molecule has 100 valence electrons. The van der Waals surface area contributed by atoms with Crippen LogP contribution >= 0.6 is 0 Å². The second kappa shape index (κ2) is 6.33. The lowest BCUT2D eigenvalue weighted by molar-refractivity contribution is 0.548. The van der Waals surface area contributed by atoms with E-state index in [4.69, 9.17) is 0 Å². The van der Waals surface area contributed by atoms with Crippen molar-refractivity contribution in [3.05, 3.63) is 36.0 Å². The fourth-order valence-corrected chi connectivity index (χ4v) is 1.74. The van der Waals surface area contributed by atoms with Crippen molar-refractivity contribution in [2.75, 3.05) is 6.54 Å². The van der Waals surface area contributed by atoms with Gasteiger partial charge in [-0.2, -0.15) is 0 Å². The molecule has 5 nitrogen and oxygen atoms in total. The Morgan fingerprint density at radius 1 is 1.21 bits per heavy atom. The van der Waals surface area contributed by atoms with Crippen molar-refractivity contribution in [3.63, 3.8) is 0 Å². The third kappa shape index (κ3) is 4.06. The van der Waals surface area contributed by atoms with E-state index in [1.165, 1.54) is 0 Å². The number of hydrogen-bond acceptors (Lipinski definition) is 5. The molecule has 0 aliphatic rings. The normalized spacial score (nSPS) is 10.9. The third-order valence-electron chi connectivity index (χ3n) is 2.56. The fraction of sp³-hybridized carbons (Fsp3) is 0.429. The zero-order valence-corrected chi connectivity index (χ0v) is 11.6. The minimum absolute atomic E-state index is 0.627. The highest BCUT2D eigenvalue weighted by Crippen LogP contribution is 2.11. The molecule has 2 heterocycles. The van der Waals surface area contributed by atoms with Crippen molar-refractivity contribution in [2.24, 2.45) is 5.92 Å². The van der Waals surface area contributed by atoms with E-state index in [0.29, 0.717) is 17.4 Å². The van der Waals surface area contributed by atoms with Gasteiger partial charge in [-0.1, -0.05) is 13.8 Å². The largest absolute Gasteiger partial charge is 0.311 e. The van der Waals surface area contributed by atoms with Crippen LogP contribution in [0.5, 0.6) is 0 Å². The summed E-state index contributed by atoms with van der Waals surface area (Å²) in [6.45, 7) is 8.05. The molecule has 2 aromatic heterocycles. The Morgan fingerprint density at radius 3 is 2.74 bits per heavy atom. The summed E-state index contributed by atoms with van der Waals surface area (Å²) in [4.78, 5) is 17.2. The van der Waals surface area contributed by atoms with Crippen molar-refractivity contribution < 1.29 is 0 Å². The topological polar surface area (TPSA) is 63.6 Å². The molecule has 0 atom stereocenters.